The first kappa shape index (κ1) is 13.9. The second-order valence-electron chi connectivity index (χ2n) is 4.33. The number of nitrogens with two attached hydrogens (primary N) is 1. The van der Waals surface area contributed by atoms with Gasteiger partial charge in [-0.1, -0.05) is 6.07 Å². The second kappa shape index (κ2) is 6.06. The summed E-state index contributed by atoms with van der Waals surface area (Å²) in [5.74, 6) is 0.420. The number of amides is 1. The van der Waals surface area contributed by atoms with E-state index in [1.807, 2.05) is 26.0 Å². The first-order valence-corrected chi connectivity index (χ1v) is 6.36. The number of benzene rings is 1. The van der Waals surface area contributed by atoms with Gasteiger partial charge in [0, 0.05) is 29.3 Å². The van der Waals surface area contributed by atoms with E-state index in [0.29, 0.717) is 29.3 Å². The summed E-state index contributed by atoms with van der Waals surface area (Å²) < 4.78 is 5.38. The van der Waals surface area contributed by atoms with Gasteiger partial charge in [-0.2, -0.15) is 0 Å². The molecular formula is C15H17N3O2. The number of aryl methyl sites for hydroxylation is 1. The number of rotatable bonds is 4. The van der Waals surface area contributed by atoms with Gasteiger partial charge in [0.2, 0.25) is 0 Å². The van der Waals surface area contributed by atoms with Crippen molar-refractivity contribution in [1.29, 1.82) is 0 Å². The van der Waals surface area contributed by atoms with Crippen LogP contribution in [0.4, 0.5) is 11.4 Å². The van der Waals surface area contributed by atoms with Crippen LogP contribution in [0.2, 0.25) is 0 Å². The summed E-state index contributed by atoms with van der Waals surface area (Å²) in [6, 6.07) is 8.88. The van der Waals surface area contributed by atoms with Crippen LogP contribution < -0.4 is 15.8 Å². The molecule has 5 heteroatoms. The molecule has 1 aromatic carbocycles. The zero-order valence-electron chi connectivity index (χ0n) is 11.5. The SMILES string of the molecule is CCOc1cccc(NC(=O)c2cnc(C)cc2N)c1. The monoisotopic (exact) mass is 271 g/mol. The molecule has 3 N–H and O–H groups in total. The predicted molar refractivity (Wildman–Crippen MR) is 79.0 cm³/mol. The van der Waals surface area contributed by atoms with Crippen molar-refractivity contribution < 1.29 is 9.53 Å². The van der Waals surface area contributed by atoms with E-state index in [0.717, 1.165) is 5.69 Å². The van der Waals surface area contributed by atoms with Crippen LogP contribution in [0.25, 0.3) is 0 Å². The zero-order valence-corrected chi connectivity index (χ0v) is 11.5. The molecule has 0 atom stereocenters. The highest BCUT2D eigenvalue weighted by atomic mass is 16.5. The van der Waals surface area contributed by atoms with Gasteiger partial charge >= 0.3 is 0 Å². The number of hydrogen-bond acceptors (Lipinski definition) is 4. The molecule has 20 heavy (non-hydrogen) atoms. The molecule has 0 spiro atoms. The van der Waals surface area contributed by atoms with Gasteiger partial charge in [-0.3, -0.25) is 9.78 Å². The highest BCUT2D eigenvalue weighted by Crippen LogP contribution is 2.19. The van der Waals surface area contributed by atoms with Crippen molar-refractivity contribution >= 4 is 17.3 Å². The van der Waals surface area contributed by atoms with Crippen molar-refractivity contribution in [3.05, 3.63) is 47.8 Å². The molecule has 0 fully saturated rings. The fraction of sp³-hybridized carbons (Fsp3) is 0.200. The summed E-state index contributed by atoms with van der Waals surface area (Å²) >= 11 is 0. The molecule has 1 amide bonds. The molecule has 2 rings (SSSR count). The molecule has 0 aliphatic heterocycles. The highest BCUT2D eigenvalue weighted by molar-refractivity contribution is 6.07. The molecule has 104 valence electrons. The molecule has 0 saturated heterocycles. The Kier molecular flexibility index (Phi) is 4.20. The lowest BCUT2D eigenvalue weighted by Crippen LogP contribution is -2.14. The smallest absolute Gasteiger partial charge is 0.259 e. The Bertz CT molecular complexity index is 626. The Labute approximate surface area is 117 Å². The van der Waals surface area contributed by atoms with E-state index in [-0.39, 0.29) is 5.91 Å². The van der Waals surface area contributed by atoms with Gasteiger partial charge in [0.05, 0.1) is 12.2 Å². The minimum Gasteiger partial charge on any atom is -0.494 e. The first-order valence-electron chi connectivity index (χ1n) is 6.36. The molecule has 0 aliphatic rings. The van der Waals surface area contributed by atoms with Crippen LogP contribution in [0.3, 0.4) is 0 Å². The predicted octanol–water partition coefficient (Wildman–Crippen LogP) is 2.62. The van der Waals surface area contributed by atoms with E-state index in [1.54, 1.807) is 18.2 Å². The average molecular weight is 271 g/mol. The molecule has 0 radical (unpaired) electrons. The lowest BCUT2D eigenvalue weighted by atomic mass is 10.2. The van der Waals surface area contributed by atoms with Crippen LogP contribution in [0, 0.1) is 6.92 Å². The fourth-order valence-corrected chi connectivity index (χ4v) is 1.80. The Morgan fingerprint density at radius 1 is 1.40 bits per heavy atom. The Hall–Kier alpha value is -2.56. The van der Waals surface area contributed by atoms with Crippen LogP contribution in [0.1, 0.15) is 23.0 Å². The number of ether oxygens (including phenoxy) is 1. The van der Waals surface area contributed by atoms with Gasteiger partial charge in [0.25, 0.3) is 5.91 Å². The summed E-state index contributed by atoms with van der Waals surface area (Å²) in [6.07, 6.45) is 1.48. The van der Waals surface area contributed by atoms with Crippen molar-refractivity contribution in [1.82, 2.24) is 4.98 Å². The maximum Gasteiger partial charge on any atom is 0.259 e. The molecule has 2 aromatic rings. The molecule has 0 bridgehead atoms. The van der Waals surface area contributed by atoms with E-state index >= 15 is 0 Å². The first-order chi connectivity index (χ1) is 9.60. The van der Waals surface area contributed by atoms with E-state index in [1.165, 1.54) is 6.20 Å². The number of nitrogens with one attached hydrogen (secondary N) is 1. The molecule has 0 saturated carbocycles. The quantitative estimate of drug-likeness (QED) is 0.896. The summed E-state index contributed by atoms with van der Waals surface area (Å²) in [5, 5.41) is 2.78. The van der Waals surface area contributed by atoms with Gasteiger partial charge < -0.3 is 15.8 Å². The minimum atomic E-state index is -0.288. The van der Waals surface area contributed by atoms with Gasteiger partial charge in [-0.25, -0.2) is 0 Å². The van der Waals surface area contributed by atoms with Gasteiger partial charge in [0.15, 0.2) is 0 Å². The van der Waals surface area contributed by atoms with E-state index in [4.69, 9.17) is 10.5 Å². The third-order valence-corrected chi connectivity index (χ3v) is 2.72. The second-order valence-corrected chi connectivity index (χ2v) is 4.33. The number of anilines is 2. The van der Waals surface area contributed by atoms with Crippen molar-refractivity contribution in [3.8, 4) is 5.75 Å². The third kappa shape index (κ3) is 3.26. The largest absolute Gasteiger partial charge is 0.494 e. The van der Waals surface area contributed by atoms with Crippen molar-refractivity contribution in [2.24, 2.45) is 0 Å². The lowest BCUT2D eigenvalue weighted by molar-refractivity contribution is 0.102. The maximum absolute atomic E-state index is 12.1. The van der Waals surface area contributed by atoms with Crippen LogP contribution in [0.15, 0.2) is 36.5 Å². The molecular weight excluding hydrogens is 254 g/mol. The Morgan fingerprint density at radius 3 is 2.90 bits per heavy atom. The van der Waals surface area contributed by atoms with E-state index < -0.39 is 0 Å². The molecule has 0 aliphatic carbocycles. The van der Waals surface area contributed by atoms with Crippen molar-refractivity contribution in [2.75, 3.05) is 17.7 Å². The van der Waals surface area contributed by atoms with Crippen LogP contribution in [-0.4, -0.2) is 17.5 Å². The highest BCUT2D eigenvalue weighted by Gasteiger charge is 2.11. The number of aromatic nitrogens is 1. The number of nitrogens with zero attached hydrogens (tertiary/aromatic N) is 1. The molecule has 1 heterocycles. The third-order valence-electron chi connectivity index (χ3n) is 2.72. The van der Waals surface area contributed by atoms with Gasteiger partial charge in [-0.05, 0) is 32.0 Å². The lowest BCUT2D eigenvalue weighted by Gasteiger charge is -2.09. The topological polar surface area (TPSA) is 77.2 Å². The standard InChI is InChI=1S/C15H17N3O2/c1-3-20-12-6-4-5-11(8-12)18-15(19)13-9-17-10(2)7-14(13)16/h4-9H,3H2,1-2H3,(H2,16,17)(H,18,19). The van der Waals surface area contributed by atoms with Crippen LogP contribution >= 0.6 is 0 Å². The van der Waals surface area contributed by atoms with E-state index in [2.05, 4.69) is 10.3 Å². The average Bonchev–Trinajstić information content (AvgIpc) is 2.39. The Balaban J connectivity index is 2.17. The normalized spacial score (nSPS) is 10.1. The van der Waals surface area contributed by atoms with E-state index in [9.17, 15) is 4.79 Å². The summed E-state index contributed by atoms with van der Waals surface area (Å²) in [6.45, 7) is 4.31. The number of nitrogen functional groups attached to an aromatic ring is 1. The minimum absolute atomic E-state index is 0.288. The molecule has 5 nitrogen and oxygen atoms in total. The Morgan fingerprint density at radius 2 is 2.20 bits per heavy atom. The van der Waals surface area contributed by atoms with Gasteiger partial charge in [0.1, 0.15) is 5.75 Å². The summed E-state index contributed by atoms with van der Waals surface area (Å²) in [7, 11) is 0. The number of hydrogen-bond donors (Lipinski definition) is 2. The maximum atomic E-state index is 12.1. The number of carbonyl (C=O) groups excluding carboxylic acids is 1. The van der Waals surface area contributed by atoms with Crippen LogP contribution in [0.5, 0.6) is 5.75 Å². The summed E-state index contributed by atoms with van der Waals surface area (Å²) in [5.41, 5.74) is 8.03. The zero-order chi connectivity index (χ0) is 14.5. The van der Waals surface area contributed by atoms with Crippen molar-refractivity contribution in [2.45, 2.75) is 13.8 Å². The fourth-order valence-electron chi connectivity index (χ4n) is 1.80. The number of carbonyl (C=O) groups is 1. The van der Waals surface area contributed by atoms with Crippen LogP contribution in [-0.2, 0) is 0 Å². The molecule has 0 unspecified atom stereocenters. The summed E-state index contributed by atoms with van der Waals surface area (Å²) in [4.78, 5) is 16.2. The van der Waals surface area contributed by atoms with Gasteiger partial charge in [-0.15, -0.1) is 0 Å². The van der Waals surface area contributed by atoms with Crippen molar-refractivity contribution in [3.63, 3.8) is 0 Å². The molecule has 1 aromatic heterocycles. The number of pyridine rings is 1.